The van der Waals surface area contributed by atoms with Crippen LogP contribution in [0.3, 0.4) is 0 Å². The van der Waals surface area contributed by atoms with Crippen LogP contribution in [0.15, 0.2) is 24.3 Å². The maximum atomic E-state index is 13.2. The molecule has 2 atom stereocenters. The Bertz CT molecular complexity index is 315. The topological polar surface area (TPSA) is 30.5 Å². The standard InChI is InChI=1S/C11H14FNO2/c1-14-9-4-2-8(3-5-9)13-11-7-15-6-10(11)12/h2-5,10-11,13H,6-7H2,1H3/t10-,11-/m1/s1. The van der Waals surface area contributed by atoms with Crippen molar-refractivity contribution in [2.24, 2.45) is 0 Å². The Morgan fingerprint density at radius 2 is 2.07 bits per heavy atom. The van der Waals surface area contributed by atoms with Gasteiger partial charge in [-0.15, -0.1) is 0 Å². The van der Waals surface area contributed by atoms with Gasteiger partial charge in [-0.05, 0) is 24.3 Å². The monoisotopic (exact) mass is 211 g/mol. The number of nitrogens with one attached hydrogen (secondary N) is 1. The van der Waals surface area contributed by atoms with Crippen molar-refractivity contribution in [3.8, 4) is 5.75 Å². The molecule has 0 aliphatic carbocycles. The minimum absolute atomic E-state index is 0.188. The summed E-state index contributed by atoms with van der Waals surface area (Å²) in [5.74, 6) is 0.792. The molecule has 1 N–H and O–H groups in total. The van der Waals surface area contributed by atoms with E-state index in [4.69, 9.17) is 9.47 Å². The van der Waals surface area contributed by atoms with Gasteiger partial charge in [0.1, 0.15) is 11.9 Å². The fourth-order valence-electron chi connectivity index (χ4n) is 1.56. The maximum Gasteiger partial charge on any atom is 0.146 e. The van der Waals surface area contributed by atoms with Crippen molar-refractivity contribution in [3.63, 3.8) is 0 Å². The third-order valence-corrected chi connectivity index (χ3v) is 2.45. The fraction of sp³-hybridized carbons (Fsp3) is 0.455. The van der Waals surface area contributed by atoms with Gasteiger partial charge in [0.05, 0.1) is 26.4 Å². The van der Waals surface area contributed by atoms with Crippen LogP contribution in [0.25, 0.3) is 0 Å². The lowest BCUT2D eigenvalue weighted by Gasteiger charge is -2.14. The number of anilines is 1. The highest BCUT2D eigenvalue weighted by molar-refractivity contribution is 5.47. The molecular weight excluding hydrogens is 197 g/mol. The van der Waals surface area contributed by atoms with Crippen molar-refractivity contribution in [2.45, 2.75) is 12.2 Å². The summed E-state index contributed by atoms with van der Waals surface area (Å²) in [7, 11) is 1.62. The molecule has 1 aromatic carbocycles. The molecule has 0 aromatic heterocycles. The Labute approximate surface area is 88.2 Å². The van der Waals surface area contributed by atoms with Crippen molar-refractivity contribution in [1.29, 1.82) is 0 Å². The number of hydrogen-bond acceptors (Lipinski definition) is 3. The summed E-state index contributed by atoms with van der Waals surface area (Å²) in [5.41, 5.74) is 0.883. The number of ether oxygens (including phenoxy) is 2. The molecule has 1 aliphatic heterocycles. The molecule has 15 heavy (non-hydrogen) atoms. The van der Waals surface area contributed by atoms with Gasteiger partial charge < -0.3 is 14.8 Å². The third kappa shape index (κ3) is 2.39. The average Bonchev–Trinajstić information content (AvgIpc) is 2.66. The molecule has 0 saturated carbocycles. The zero-order chi connectivity index (χ0) is 10.7. The lowest BCUT2D eigenvalue weighted by atomic mass is 10.2. The van der Waals surface area contributed by atoms with E-state index in [1.807, 2.05) is 24.3 Å². The van der Waals surface area contributed by atoms with E-state index in [-0.39, 0.29) is 12.6 Å². The lowest BCUT2D eigenvalue weighted by Crippen LogP contribution is -2.28. The normalized spacial score (nSPS) is 25.2. The van der Waals surface area contributed by atoms with E-state index in [0.717, 1.165) is 11.4 Å². The molecule has 0 unspecified atom stereocenters. The molecule has 3 nitrogen and oxygen atoms in total. The van der Waals surface area contributed by atoms with Gasteiger partial charge in [-0.1, -0.05) is 0 Å². The maximum absolute atomic E-state index is 13.2. The van der Waals surface area contributed by atoms with E-state index in [9.17, 15) is 4.39 Å². The van der Waals surface area contributed by atoms with Gasteiger partial charge >= 0.3 is 0 Å². The van der Waals surface area contributed by atoms with Gasteiger partial charge in [0.15, 0.2) is 0 Å². The molecule has 82 valence electrons. The summed E-state index contributed by atoms with van der Waals surface area (Å²) in [5, 5.41) is 3.09. The zero-order valence-electron chi connectivity index (χ0n) is 8.57. The summed E-state index contributed by atoms with van der Waals surface area (Å²) in [6.07, 6.45) is -0.924. The van der Waals surface area contributed by atoms with Crippen LogP contribution in [0.2, 0.25) is 0 Å². The average molecular weight is 211 g/mol. The second-order valence-electron chi connectivity index (χ2n) is 3.53. The predicted octanol–water partition coefficient (Wildman–Crippen LogP) is 1.84. The summed E-state index contributed by atoms with van der Waals surface area (Å²) in [6.45, 7) is 0.612. The first kappa shape index (κ1) is 10.2. The van der Waals surface area contributed by atoms with Crippen LogP contribution in [0, 0.1) is 0 Å². The van der Waals surface area contributed by atoms with Crippen LogP contribution in [0.1, 0.15) is 0 Å². The molecule has 4 heteroatoms. The number of hydrogen-bond donors (Lipinski definition) is 1. The van der Waals surface area contributed by atoms with Gasteiger partial charge in [-0.3, -0.25) is 0 Å². The highest BCUT2D eigenvalue weighted by atomic mass is 19.1. The molecular formula is C11H14FNO2. The van der Waals surface area contributed by atoms with E-state index in [1.165, 1.54) is 0 Å². The first-order chi connectivity index (χ1) is 7.29. The largest absolute Gasteiger partial charge is 0.497 e. The van der Waals surface area contributed by atoms with E-state index >= 15 is 0 Å². The minimum atomic E-state index is -0.924. The van der Waals surface area contributed by atoms with E-state index in [1.54, 1.807) is 7.11 Å². The number of benzene rings is 1. The molecule has 0 amide bonds. The number of rotatable bonds is 3. The Balaban J connectivity index is 1.98. The Morgan fingerprint density at radius 3 is 2.60 bits per heavy atom. The van der Waals surface area contributed by atoms with Crippen LogP contribution in [-0.4, -0.2) is 32.5 Å². The van der Waals surface area contributed by atoms with E-state index < -0.39 is 6.17 Å². The number of halogens is 1. The Kier molecular flexibility index (Phi) is 3.06. The van der Waals surface area contributed by atoms with E-state index in [0.29, 0.717) is 6.61 Å². The van der Waals surface area contributed by atoms with Crippen molar-refractivity contribution < 1.29 is 13.9 Å². The predicted molar refractivity (Wildman–Crippen MR) is 56.1 cm³/mol. The molecule has 1 heterocycles. The van der Waals surface area contributed by atoms with Gasteiger partial charge in [0, 0.05) is 5.69 Å². The first-order valence-electron chi connectivity index (χ1n) is 4.92. The summed E-state index contributed by atoms with van der Waals surface area (Å²) in [4.78, 5) is 0. The second-order valence-corrected chi connectivity index (χ2v) is 3.53. The van der Waals surface area contributed by atoms with Crippen LogP contribution < -0.4 is 10.1 Å². The van der Waals surface area contributed by atoms with Gasteiger partial charge in [0.25, 0.3) is 0 Å². The molecule has 0 radical (unpaired) electrons. The SMILES string of the molecule is COc1ccc(N[C@@H]2COC[C@H]2F)cc1. The summed E-state index contributed by atoms with van der Waals surface area (Å²) in [6, 6.07) is 7.17. The molecule has 1 fully saturated rings. The molecule has 2 rings (SSSR count). The van der Waals surface area contributed by atoms with Crippen molar-refractivity contribution in [2.75, 3.05) is 25.6 Å². The molecule has 1 aromatic rings. The van der Waals surface area contributed by atoms with E-state index in [2.05, 4.69) is 5.32 Å². The van der Waals surface area contributed by atoms with Crippen LogP contribution in [-0.2, 0) is 4.74 Å². The van der Waals surface area contributed by atoms with Crippen molar-refractivity contribution in [3.05, 3.63) is 24.3 Å². The smallest absolute Gasteiger partial charge is 0.146 e. The van der Waals surface area contributed by atoms with Crippen LogP contribution >= 0.6 is 0 Å². The summed E-state index contributed by atoms with van der Waals surface area (Å²) < 4.78 is 23.3. The van der Waals surface area contributed by atoms with Crippen molar-refractivity contribution >= 4 is 5.69 Å². The zero-order valence-corrected chi connectivity index (χ0v) is 8.57. The van der Waals surface area contributed by atoms with Gasteiger partial charge in [-0.25, -0.2) is 4.39 Å². The fourth-order valence-corrected chi connectivity index (χ4v) is 1.56. The summed E-state index contributed by atoms with van der Waals surface area (Å²) >= 11 is 0. The molecule has 0 spiro atoms. The Morgan fingerprint density at radius 1 is 1.33 bits per heavy atom. The number of alkyl halides is 1. The van der Waals surface area contributed by atoms with Gasteiger partial charge in [-0.2, -0.15) is 0 Å². The Hall–Kier alpha value is -1.29. The van der Waals surface area contributed by atoms with Gasteiger partial charge in [0.2, 0.25) is 0 Å². The first-order valence-corrected chi connectivity index (χ1v) is 4.92. The quantitative estimate of drug-likeness (QED) is 0.827. The third-order valence-electron chi connectivity index (χ3n) is 2.45. The van der Waals surface area contributed by atoms with Crippen molar-refractivity contribution in [1.82, 2.24) is 0 Å². The number of methoxy groups -OCH3 is 1. The highest BCUT2D eigenvalue weighted by Crippen LogP contribution is 2.19. The van der Waals surface area contributed by atoms with Crippen LogP contribution in [0.5, 0.6) is 5.75 Å². The molecule has 1 saturated heterocycles. The molecule has 0 bridgehead atoms. The molecule has 1 aliphatic rings. The lowest BCUT2D eigenvalue weighted by molar-refractivity contribution is 0.173. The highest BCUT2D eigenvalue weighted by Gasteiger charge is 2.27. The minimum Gasteiger partial charge on any atom is -0.497 e. The second kappa shape index (κ2) is 4.49. The van der Waals surface area contributed by atoms with Crippen LogP contribution in [0.4, 0.5) is 10.1 Å².